The van der Waals surface area contributed by atoms with Crippen LogP contribution in [0.1, 0.15) is 11.3 Å². The summed E-state index contributed by atoms with van der Waals surface area (Å²) in [5.41, 5.74) is 7.41. The predicted octanol–water partition coefficient (Wildman–Crippen LogP) is 3.40. The molecule has 88 valence electrons. The second kappa shape index (κ2) is 5.29. The van der Waals surface area contributed by atoms with E-state index in [1.165, 1.54) is 0 Å². The van der Waals surface area contributed by atoms with Crippen LogP contribution in [0.5, 0.6) is 11.5 Å². The number of aryl methyl sites for hydroxylation is 1. The summed E-state index contributed by atoms with van der Waals surface area (Å²) in [6.07, 6.45) is 1.68. The van der Waals surface area contributed by atoms with Crippen molar-refractivity contribution in [2.24, 2.45) is 5.73 Å². The van der Waals surface area contributed by atoms with Gasteiger partial charge in [-0.15, -0.1) is 0 Å². The second-order valence-electron chi connectivity index (χ2n) is 3.70. The first-order chi connectivity index (χ1) is 8.19. The van der Waals surface area contributed by atoms with Crippen molar-refractivity contribution in [1.29, 1.82) is 0 Å². The maximum atomic E-state index is 5.74. The normalized spacial score (nSPS) is 10.3. The predicted molar refractivity (Wildman–Crippen MR) is 71.1 cm³/mol. The van der Waals surface area contributed by atoms with E-state index in [0.717, 1.165) is 21.5 Å². The van der Waals surface area contributed by atoms with Gasteiger partial charge >= 0.3 is 0 Å². The summed E-state index contributed by atoms with van der Waals surface area (Å²) in [4.78, 5) is 4.18. The van der Waals surface area contributed by atoms with Gasteiger partial charge in [-0.1, -0.05) is 15.9 Å². The van der Waals surface area contributed by atoms with E-state index in [0.29, 0.717) is 12.3 Å². The van der Waals surface area contributed by atoms with Gasteiger partial charge in [-0.25, -0.2) is 0 Å². The maximum absolute atomic E-state index is 5.74. The third-order valence-corrected chi connectivity index (χ3v) is 2.86. The van der Waals surface area contributed by atoms with Crippen LogP contribution in [0, 0.1) is 6.92 Å². The summed E-state index contributed by atoms with van der Waals surface area (Å²) < 4.78 is 6.78. The molecule has 0 aliphatic carbocycles. The molecule has 4 heteroatoms. The van der Waals surface area contributed by atoms with E-state index in [1.54, 1.807) is 6.20 Å². The molecule has 1 aromatic carbocycles. The van der Waals surface area contributed by atoms with Crippen LogP contribution in [0.15, 0.2) is 41.0 Å². The molecule has 0 aliphatic rings. The third kappa shape index (κ3) is 3.05. The number of rotatable bonds is 3. The van der Waals surface area contributed by atoms with Crippen molar-refractivity contribution < 1.29 is 4.74 Å². The summed E-state index contributed by atoms with van der Waals surface area (Å²) in [7, 11) is 0. The summed E-state index contributed by atoms with van der Waals surface area (Å²) in [6, 6.07) is 9.62. The van der Waals surface area contributed by atoms with Crippen LogP contribution in [0.4, 0.5) is 0 Å². The highest BCUT2D eigenvalue weighted by Gasteiger charge is 2.02. The first-order valence-corrected chi connectivity index (χ1v) is 6.07. The molecular weight excluding hydrogens is 280 g/mol. The van der Waals surface area contributed by atoms with Gasteiger partial charge in [-0.2, -0.15) is 0 Å². The Bertz CT molecular complexity index is 511. The van der Waals surface area contributed by atoms with Crippen molar-refractivity contribution in [2.75, 3.05) is 0 Å². The van der Waals surface area contributed by atoms with E-state index in [2.05, 4.69) is 20.9 Å². The van der Waals surface area contributed by atoms with Gasteiger partial charge in [-0.05, 0) is 42.8 Å². The fourth-order valence-electron chi connectivity index (χ4n) is 1.45. The zero-order valence-corrected chi connectivity index (χ0v) is 11.1. The molecular formula is C13H13BrN2O. The summed E-state index contributed by atoms with van der Waals surface area (Å²) >= 11 is 3.42. The Hall–Kier alpha value is -1.39. The SMILES string of the molecule is Cc1cc(Br)ccc1Oc1ccc(CN)nc1. The monoisotopic (exact) mass is 292 g/mol. The quantitative estimate of drug-likeness (QED) is 0.943. The van der Waals surface area contributed by atoms with E-state index < -0.39 is 0 Å². The minimum Gasteiger partial charge on any atom is -0.455 e. The Balaban J connectivity index is 2.19. The lowest BCUT2D eigenvalue weighted by molar-refractivity contribution is 0.476. The lowest BCUT2D eigenvalue weighted by Crippen LogP contribution is -1.98. The molecule has 0 saturated carbocycles. The van der Waals surface area contributed by atoms with Gasteiger partial charge in [-0.3, -0.25) is 4.98 Å². The molecule has 1 aromatic heterocycles. The van der Waals surface area contributed by atoms with Crippen molar-refractivity contribution in [1.82, 2.24) is 4.98 Å². The minimum atomic E-state index is 0.442. The molecule has 0 radical (unpaired) electrons. The number of pyridine rings is 1. The van der Waals surface area contributed by atoms with Crippen LogP contribution in [-0.2, 0) is 6.54 Å². The smallest absolute Gasteiger partial charge is 0.145 e. The van der Waals surface area contributed by atoms with Crippen LogP contribution in [0.2, 0.25) is 0 Å². The summed E-state index contributed by atoms with van der Waals surface area (Å²) in [6.45, 7) is 2.44. The van der Waals surface area contributed by atoms with Crippen LogP contribution >= 0.6 is 15.9 Å². The third-order valence-electron chi connectivity index (χ3n) is 2.37. The van der Waals surface area contributed by atoms with Crippen molar-refractivity contribution in [3.63, 3.8) is 0 Å². The van der Waals surface area contributed by atoms with Crippen LogP contribution in [0.3, 0.4) is 0 Å². The van der Waals surface area contributed by atoms with E-state index >= 15 is 0 Å². The van der Waals surface area contributed by atoms with Gasteiger partial charge in [0.15, 0.2) is 0 Å². The number of aromatic nitrogens is 1. The standard InChI is InChI=1S/C13H13BrN2O/c1-9-6-10(14)2-5-13(9)17-12-4-3-11(7-15)16-8-12/h2-6,8H,7,15H2,1H3. The highest BCUT2D eigenvalue weighted by molar-refractivity contribution is 9.10. The Morgan fingerprint density at radius 2 is 2.12 bits per heavy atom. The number of hydrogen-bond acceptors (Lipinski definition) is 3. The van der Waals surface area contributed by atoms with Crippen molar-refractivity contribution in [3.8, 4) is 11.5 Å². The molecule has 0 atom stereocenters. The lowest BCUT2D eigenvalue weighted by atomic mass is 10.2. The summed E-state index contributed by atoms with van der Waals surface area (Å²) in [5.74, 6) is 1.54. The van der Waals surface area contributed by atoms with Gasteiger partial charge in [0.05, 0.1) is 11.9 Å². The van der Waals surface area contributed by atoms with Gasteiger partial charge in [0.25, 0.3) is 0 Å². The summed E-state index contributed by atoms with van der Waals surface area (Å²) in [5, 5.41) is 0. The Morgan fingerprint density at radius 3 is 2.71 bits per heavy atom. The molecule has 0 bridgehead atoms. The van der Waals surface area contributed by atoms with Crippen molar-refractivity contribution >= 4 is 15.9 Å². The Kier molecular flexibility index (Phi) is 3.76. The molecule has 2 N–H and O–H groups in total. The number of nitrogens with zero attached hydrogens (tertiary/aromatic N) is 1. The average molecular weight is 293 g/mol. The fraction of sp³-hybridized carbons (Fsp3) is 0.154. The lowest BCUT2D eigenvalue weighted by Gasteiger charge is -2.08. The van der Waals surface area contributed by atoms with Gasteiger partial charge in [0, 0.05) is 11.0 Å². The van der Waals surface area contributed by atoms with Gasteiger partial charge in [0.2, 0.25) is 0 Å². The van der Waals surface area contributed by atoms with E-state index in [9.17, 15) is 0 Å². The van der Waals surface area contributed by atoms with Crippen LogP contribution in [-0.4, -0.2) is 4.98 Å². The molecule has 0 spiro atoms. The maximum Gasteiger partial charge on any atom is 0.145 e. The molecule has 0 amide bonds. The minimum absolute atomic E-state index is 0.442. The topological polar surface area (TPSA) is 48.1 Å². The largest absolute Gasteiger partial charge is 0.455 e. The molecule has 1 heterocycles. The van der Waals surface area contributed by atoms with Crippen molar-refractivity contribution in [2.45, 2.75) is 13.5 Å². The zero-order valence-electron chi connectivity index (χ0n) is 9.48. The number of benzene rings is 1. The number of nitrogens with two attached hydrogens (primary N) is 1. The van der Waals surface area contributed by atoms with E-state index in [1.807, 2.05) is 37.3 Å². The second-order valence-corrected chi connectivity index (χ2v) is 4.62. The molecule has 2 aromatic rings. The molecule has 0 aliphatic heterocycles. The molecule has 17 heavy (non-hydrogen) atoms. The number of ether oxygens (including phenoxy) is 1. The molecule has 3 nitrogen and oxygen atoms in total. The first-order valence-electron chi connectivity index (χ1n) is 5.28. The zero-order chi connectivity index (χ0) is 12.3. The van der Waals surface area contributed by atoms with Crippen molar-refractivity contribution in [3.05, 3.63) is 52.3 Å². The van der Waals surface area contributed by atoms with E-state index in [-0.39, 0.29) is 0 Å². The van der Waals surface area contributed by atoms with Gasteiger partial charge in [0.1, 0.15) is 11.5 Å². The Morgan fingerprint density at radius 1 is 1.29 bits per heavy atom. The first kappa shape index (κ1) is 12.1. The van der Waals surface area contributed by atoms with Crippen LogP contribution < -0.4 is 10.5 Å². The fourth-order valence-corrected chi connectivity index (χ4v) is 1.92. The Labute approximate surface area is 109 Å². The van der Waals surface area contributed by atoms with E-state index in [4.69, 9.17) is 10.5 Å². The number of hydrogen-bond donors (Lipinski definition) is 1. The highest BCUT2D eigenvalue weighted by atomic mass is 79.9. The molecule has 0 saturated heterocycles. The van der Waals surface area contributed by atoms with Crippen LogP contribution in [0.25, 0.3) is 0 Å². The highest BCUT2D eigenvalue weighted by Crippen LogP contribution is 2.26. The average Bonchev–Trinajstić information content (AvgIpc) is 2.34. The molecule has 2 rings (SSSR count). The molecule has 0 unspecified atom stereocenters. The number of halogens is 1. The molecule has 0 fully saturated rings. The van der Waals surface area contributed by atoms with Gasteiger partial charge < -0.3 is 10.5 Å².